The highest BCUT2D eigenvalue weighted by molar-refractivity contribution is 5.89. The SMILES string of the molecule is COc1cccc(NC(=O)N2CCCC[C@@H]2CCO)c1. The van der Waals surface area contributed by atoms with Crippen molar-refractivity contribution in [2.45, 2.75) is 31.7 Å². The van der Waals surface area contributed by atoms with Crippen LogP contribution in [-0.4, -0.2) is 42.3 Å². The molecule has 1 aromatic carbocycles. The average molecular weight is 278 g/mol. The fourth-order valence-corrected chi connectivity index (χ4v) is 2.61. The number of rotatable bonds is 4. The third kappa shape index (κ3) is 3.63. The fraction of sp³-hybridized carbons (Fsp3) is 0.533. The number of nitrogens with one attached hydrogen (secondary N) is 1. The predicted molar refractivity (Wildman–Crippen MR) is 78.1 cm³/mol. The molecule has 2 rings (SSSR count). The molecule has 1 fully saturated rings. The second-order valence-electron chi connectivity index (χ2n) is 5.02. The first-order valence-electron chi connectivity index (χ1n) is 7.07. The molecule has 0 radical (unpaired) electrons. The molecule has 110 valence electrons. The van der Waals surface area contributed by atoms with Gasteiger partial charge in [-0.1, -0.05) is 6.07 Å². The van der Waals surface area contributed by atoms with Crippen molar-refractivity contribution >= 4 is 11.7 Å². The first-order chi connectivity index (χ1) is 9.74. The molecule has 1 atom stereocenters. The molecule has 1 aliphatic rings. The Morgan fingerprint density at radius 2 is 2.35 bits per heavy atom. The van der Waals surface area contributed by atoms with Gasteiger partial charge >= 0.3 is 6.03 Å². The van der Waals surface area contributed by atoms with E-state index in [1.807, 2.05) is 23.1 Å². The van der Waals surface area contributed by atoms with E-state index in [1.165, 1.54) is 0 Å². The Balaban J connectivity index is 2.01. The Labute approximate surface area is 119 Å². The third-order valence-corrected chi connectivity index (χ3v) is 3.67. The molecule has 2 amide bonds. The molecule has 5 nitrogen and oxygen atoms in total. The topological polar surface area (TPSA) is 61.8 Å². The molecule has 1 heterocycles. The summed E-state index contributed by atoms with van der Waals surface area (Å²) in [6, 6.07) is 7.35. The van der Waals surface area contributed by atoms with E-state index in [4.69, 9.17) is 9.84 Å². The maximum Gasteiger partial charge on any atom is 0.322 e. The van der Waals surface area contributed by atoms with E-state index in [-0.39, 0.29) is 18.7 Å². The second-order valence-corrected chi connectivity index (χ2v) is 5.02. The van der Waals surface area contributed by atoms with Gasteiger partial charge in [0, 0.05) is 30.9 Å². The van der Waals surface area contributed by atoms with Gasteiger partial charge in [-0.2, -0.15) is 0 Å². The number of methoxy groups -OCH3 is 1. The summed E-state index contributed by atoms with van der Waals surface area (Å²) in [5.74, 6) is 0.716. The van der Waals surface area contributed by atoms with Crippen LogP contribution in [0.3, 0.4) is 0 Å². The minimum Gasteiger partial charge on any atom is -0.497 e. The van der Waals surface area contributed by atoms with Crippen LogP contribution in [0.1, 0.15) is 25.7 Å². The number of hydrogen-bond acceptors (Lipinski definition) is 3. The summed E-state index contributed by atoms with van der Waals surface area (Å²) < 4.78 is 5.14. The number of nitrogens with zero attached hydrogens (tertiary/aromatic N) is 1. The smallest absolute Gasteiger partial charge is 0.322 e. The summed E-state index contributed by atoms with van der Waals surface area (Å²) in [6.45, 7) is 0.869. The Morgan fingerprint density at radius 3 is 3.10 bits per heavy atom. The lowest BCUT2D eigenvalue weighted by atomic mass is 10.0. The Hall–Kier alpha value is -1.75. The lowest BCUT2D eigenvalue weighted by Crippen LogP contribution is -2.46. The molecule has 1 aromatic rings. The van der Waals surface area contributed by atoms with Crippen LogP contribution < -0.4 is 10.1 Å². The Bertz CT molecular complexity index is 448. The van der Waals surface area contributed by atoms with E-state index in [2.05, 4.69) is 5.32 Å². The minimum absolute atomic E-state index is 0.101. The molecule has 0 spiro atoms. The normalized spacial score (nSPS) is 18.7. The number of benzene rings is 1. The van der Waals surface area contributed by atoms with Crippen LogP contribution in [0.25, 0.3) is 0 Å². The monoisotopic (exact) mass is 278 g/mol. The van der Waals surface area contributed by atoms with E-state index in [9.17, 15) is 4.79 Å². The van der Waals surface area contributed by atoms with Crippen molar-refractivity contribution in [2.75, 3.05) is 25.6 Å². The van der Waals surface area contributed by atoms with Crippen molar-refractivity contribution in [1.82, 2.24) is 4.90 Å². The maximum atomic E-state index is 12.3. The molecule has 20 heavy (non-hydrogen) atoms. The van der Waals surface area contributed by atoms with E-state index >= 15 is 0 Å². The molecule has 1 saturated heterocycles. The van der Waals surface area contributed by atoms with Gasteiger partial charge in [0.2, 0.25) is 0 Å². The van der Waals surface area contributed by atoms with E-state index < -0.39 is 0 Å². The van der Waals surface area contributed by atoms with Crippen molar-refractivity contribution < 1.29 is 14.6 Å². The molecule has 0 aliphatic carbocycles. The number of hydrogen-bond donors (Lipinski definition) is 2. The minimum atomic E-state index is -0.101. The lowest BCUT2D eigenvalue weighted by Gasteiger charge is -2.35. The molecule has 1 aliphatic heterocycles. The number of piperidine rings is 1. The summed E-state index contributed by atoms with van der Waals surface area (Å²) in [5.41, 5.74) is 0.725. The average Bonchev–Trinajstić information content (AvgIpc) is 2.48. The van der Waals surface area contributed by atoms with E-state index in [0.717, 1.165) is 31.5 Å². The van der Waals surface area contributed by atoms with E-state index in [1.54, 1.807) is 13.2 Å². The number of likely N-dealkylation sites (tertiary alicyclic amines) is 1. The van der Waals surface area contributed by atoms with Crippen molar-refractivity contribution in [3.63, 3.8) is 0 Å². The summed E-state index contributed by atoms with van der Waals surface area (Å²) >= 11 is 0. The van der Waals surface area contributed by atoms with Gasteiger partial charge in [-0.25, -0.2) is 4.79 Å². The highest BCUT2D eigenvalue weighted by Gasteiger charge is 2.26. The summed E-state index contributed by atoms with van der Waals surface area (Å²) in [5, 5.41) is 12.0. The summed E-state index contributed by atoms with van der Waals surface area (Å²) in [4.78, 5) is 14.2. The number of ether oxygens (including phenoxy) is 1. The molecule has 2 N–H and O–H groups in total. The number of urea groups is 1. The molecule has 0 saturated carbocycles. The van der Waals surface area contributed by atoms with Gasteiger partial charge in [-0.15, -0.1) is 0 Å². The number of carbonyl (C=O) groups excluding carboxylic acids is 1. The van der Waals surface area contributed by atoms with Gasteiger partial charge in [0.1, 0.15) is 5.75 Å². The van der Waals surface area contributed by atoms with Crippen molar-refractivity contribution in [3.8, 4) is 5.75 Å². The molecule has 0 bridgehead atoms. The lowest BCUT2D eigenvalue weighted by molar-refractivity contribution is 0.141. The maximum absolute atomic E-state index is 12.3. The van der Waals surface area contributed by atoms with Gasteiger partial charge in [0.25, 0.3) is 0 Å². The van der Waals surface area contributed by atoms with Crippen molar-refractivity contribution in [3.05, 3.63) is 24.3 Å². The van der Waals surface area contributed by atoms with Crippen LogP contribution in [0.15, 0.2) is 24.3 Å². The molecule has 5 heteroatoms. The fourth-order valence-electron chi connectivity index (χ4n) is 2.61. The van der Waals surface area contributed by atoms with Crippen molar-refractivity contribution in [1.29, 1.82) is 0 Å². The predicted octanol–water partition coefficient (Wildman–Crippen LogP) is 2.46. The zero-order valence-electron chi connectivity index (χ0n) is 11.8. The van der Waals surface area contributed by atoms with Crippen LogP contribution >= 0.6 is 0 Å². The zero-order valence-corrected chi connectivity index (χ0v) is 11.8. The second kappa shape index (κ2) is 7.14. The standard InChI is InChI=1S/C15H22N2O3/c1-20-14-7-4-5-12(11-14)16-15(19)17-9-3-2-6-13(17)8-10-18/h4-5,7,11,13,18H,2-3,6,8-10H2,1H3,(H,16,19)/t13-/m1/s1. The third-order valence-electron chi connectivity index (χ3n) is 3.67. The zero-order chi connectivity index (χ0) is 14.4. The van der Waals surface area contributed by atoms with Crippen LogP contribution in [0, 0.1) is 0 Å². The van der Waals surface area contributed by atoms with Crippen LogP contribution in [-0.2, 0) is 0 Å². The Morgan fingerprint density at radius 1 is 1.50 bits per heavy atom. The number of aliphatic hydroxyl groups excluding tert-OH is 1. The molecule has 0 aromatic heterocycles. The van der Waals surface area contributed by atoms with Crippen LogP contribution in [0.4, 0.5) is 10.5 Å². The van der Waals surface area contributed by atoms with Gasteiger partial charge in [0.05, 0.1) is 7.11 Å². The van der Waals surface area contributed by atoms with Gasteiger partial charge in [0.15, 0.2) is 0 Å². The summed E-state index contributed by atoms with van der Waals surface area (Å²) in [6.07, 6.45) is 3.75. The number of aliphatic hydroxyl groups is 1. The number of anilines is 1. The summed E-state index contributed by atoms with van der Waals surface area (Å²) in [7, 11) is 1.60. The van der Waals surface area contributed by atoms with E-state index in [0.29, 0.717) is 12.2 Å². The first-order valence-corrected chi connectivity index (χ1v) is 7.07. The first kappa shape index (κ1) is 14.7. The van der Waals surface area contributed by atoms with Gasteiger partial charge < -0.3 is 20.1 Å². The molecule has 0 unspecified atom stereocenters. The Kier molecular flexibility index (Phi) is 5.24. The van der Waals surface area contributed by atoms with Crippen molar-refractivity contribution in [2.24, 2.45) is 0 Å². The highest BCUT2D eigenvalue weighted by Crippen LogP contribution is 2.22. The molecular formula is C15H22N2O3. The quantitative estimate of drug-likeness (QED) is 0.889. The van der Waals surface area contributed by atoms with Crippen LogP contribution in [0.2, 0.25) is 0 Å². The van der Waals surface area contributed by atoms with Crippen LogP contribution in [0.5, 0.6) is 5.75 Å². The number of amides is 2. The number of carbonyl (C=O) groups is 1. The van der Waals surface area contributed by atoms with Gasteiger partial charge in [-0.05, 0) is 37.8 Å². The van der Waals surface area contributed by atoms with Gasteiger partial charge in [-0.3, -0.25) is 0 Å². The largest absolute Gasteiger partial charge is 0.497 e. The molecular weight excluding hydrogens is 256 g/mol. The highest BCUT2D eigenvalue weighted by atomic mass is 16.5.